The first-order chi connectivity index (χ1) is 15.4. The van der Waals surface area contributed by atoms with E-state index in [4.69, 9.17) is 16.6 Å². The molecule has 1 aliphatic heterocycles. The number of aryl methyl sites for hydroxylation is 2. The Bertz CT molecular complexity index is 1170. The van der Waals surface area contributed by atoms with Gasteiger partial charge < -0.3 is 15.0 Å². The van der Waals surface area contributed by atoms with Crippen molar-refractivity contribution in [2.24, 2.45) is 7.05 Å². The molecule has 2 atom stereocenters. The van der Waals surface area contributed by atoms with Gasteiger partial charge in [-0.05, 0) is 60.4 Å². The van der Waals surface area contributed by atoms with Crippen LogP contribution in [0.3, 0.4) is 0 Å². The maximum absolute atomic E-state index is 12.0. The number of nitrogens with zero attached hydrogens (tertiary/aromatic N) is 4. The predicted octanol–water partition coefficient (Wildman–Crippen LogP) is 3.53. The topological polar surface area (TPSA) is 66.2 Å². The van der Waals surface area contributed by atoms with Gasteiger partial charge in [-0.25, -0.2) is 4.98 Å². The van der Waals surface area contributed by atoms with Crippen LogP contribution in [0.5, 0.6) is 0 Å². The summed E-state index contributed by atoms with van der Waals surface area (Å²) in [6, 6.07) is 10.0. The van der Waals surface area contributed by atoms with Crippen LogP contribution in [-0.4, -0.2) is 50.7 Å². The third-order valence-electron chi connectivity index (χ3n) is 6.65. The zero-order valence-corrected chi connectivity index (χ0v) is 19.4. The van der Waals surface area contributed by atoms with Crippen LogP contribution >= 0.6 is 11.6 Å². The highest BCUT2D eigenvalue weighted by molar-refractivity contribution is 6.30. The van der Waals surface area contributed by atoms with Gasteiger partial charge in [0.2, 0.25) is 0 Å². The third-order valence-corrected chi connectivity index (χ3v) is 6.89. The van der Waals surface area contributed by atoms with Gasteiger partial charge in [-0.1, -0.05) is 23.7 Å². The largest absolute Gasteiger partial charge is 0.379 e. The highest BCUT2D eigenvalue weighted by Gasteiger charge is 2.39. The Hall–Kier alpha value is -2.51. The SMILES string of the molecule is Cc1ncn(C)c1C(C)(O)C1=Cc2cccnc2[C@@H](N2CCNCC2)c2ccc(Cl)cc21. The lowest BCUT2D eigenvalue weighted by atomic mass is 9.83. The Kier molecular flexibility index (Phi) is 5.42. The van der Waals surface area contributed by atoms with E-state index >= 15 is 0 Å². The molecule has 1 unspecified atom stereocenters. The molecular formula is C25H28ClN5O. The second-order valence-electron chi connectivity index (χ2n) is 8.82. The molecule has 0 spiro atoms. The molecule has 0 saturated carbocycles. The minimum Gasteiger partial charge on any atom is -0.379 e. The number of hydrogen-bond donors (Lipinski definition) is 2. The van der Waals surface area contributed by atoms with E-state index in [1.165, 1.54) is 0 Å². The van der Waals surface area contributed by atoms with Crippen molar-refractivity contribution >= 4 is 23.3 Å². The first-order valence-corrected chi connectivity index (χ1v) is 11.4. The predicted molar refractivity (Wildman–Crippen MR) is 127 cm³/mol. The Balaban J connectivity index is 1.78. The number of halogens is 1. The molecular weight excluding hydrogens is 422 g/mol. The van der Waals surface area contributed by atoms with Gasteiger partial charge in [-0.15, -0.1) is 0 Å². The van der Waals surface area contributed by atoms with Crippen molar-refractivity contribution in [3.8, 4) is 0 Å². The maximum Gasteiger partial charge on any atom is 0.129 e. The number of benzene rings is 1. The van der Waals surface area contributed by atoms with Crippen molar-refractivity contribution < 1.29 is 5.11 Å². The van der Waals surface area contributed by atoms with Crippen LogP contribution in [0.4, 0.5) is 0 Å². The molecule has 1 aliphatic carbocycles. The summed E-state index contributed by atoms with van der Waals surface area (Å²) in [5.74, 6) is 0. The van der Waals surface area contributed by atoms with Gasteiger partial charge in [0, 0.05) is 44.4 Å². The Morgan fingerprint density at radius 3 is 2.69 bits per heavy atom. The molecule has 32 heavy (non-hydrogen) atoms. The van der Waals surface area contributed by atoms with Gasteiger partial charge in [0.25, 0.3) is 0 Å². The molecule has 166 valence electrons. The molecule has 1 saturated heterocycles. The van der Waals surface area contributed by atoms with Gasteiger partial charge >= 0.3 is 0 Å². The average molecular weight is 450 g/mol. The number of rotatable bonds is 3. The van der Waals surface area contributed by atoms with Crippen LogP contribution in [0.25, 0.3) is 11.6 Å². The molecule has 1 aromatic carbocycles. The van der Waals surface area contributed by atoms with Crippen LogP contribution in [-0.2, 0) is 12.6 Å². The molecule has 0 amide bonds. The maximum atomic E-state index is 12.0. The number of fused-ring (bicyclic) bond motifs is 2. The standard InChI is InChI=1S/C25H28ClN5O/c1-16-24(30(3)15-29-16)25(2,32)21-13-17-5-4-8-28-22(17)23(31-11-9-27-10-12-31)19-7-6-18(26)14-20(19)21/h4-8,13-15,23,27,32H,9-12H2,1-3H3/t23-,25?/m0/s1. The summed E-state index contributed by atoms with van der Waals surface area (Å²) >= 11 is 6.51. The lowest BCUT2D eigenvalue weighted by Crippen LogP contribution is -2.45. The summed E-state index contributed by atoms with van der Waals surface area (Å²) in [6.45, 7) is 7.50. The number of pyridine rings is 1. The van der Waals surface area contributed by atoms with E-state index in [2.05, 4.69) is 33.4 Å². The van der Waals surface area contributed by atoms with E-state index in [-0.39, 0.29) is 6.04 Å². The van der Waals surface area contributed by atoms with Crippen molar-refractivity contribution in [2.45, 2.75) is 25.5 Å². The number of hydrogen-bond acceptors (Lipinski definition) is 5. The summed E-state index contributed by atoms with van der Waals surface area (Å²) in [6.07, 6.45) is 5.67. The summed E-state index contributed by atoms with van der Waals surface area (Å²) in [7, 11) is 1.92. The number of aliphatic hydroxyl groups is 1. The van der Waals surface area contributed by atoms with Crippen LogP contribution in [0.15, 0.2) is 42.9 Å². The molecule has 7 heteroatoms. The minimum absolute atomic E-state index is 0.0160. The fourth-order valence-corrected chi connectivity index (χ4v) is 5.42. The molecule has 6 nitrogen and oxygen atoms in total. The lowest BCUT2D eigenvalue weighted by molar-refractivity contribution is 0.114. The highest BCUT2D eigenvalue weighted by Crippen LogP contribution is 2.46. The number of nitrogens with one attached hydrogen (secondary N) is 1. The fraction of sp³-hybridized carbons (Fsp3) is 0.360. The fourth-order valence-electron chi connectivity index (χ4n) is 5.24. The Labute approximate surface area is 193 Å². The van der Waals surface area contributed by atoms with E-state index in [0.717, 1.165) is 65.5 Å². The third kappa shape index (κ3) is 3.48. The summed E-state index contributed by atoms with van der Waals surface area (Å²) in [5, 5.41) is 16.1. The quantitative estimate of drug-likeness (QED) is 0.640. The van der Waals surface area contributed by atoms with Crippen LogP contribution in [0.1, 0.15) is 46.7 Å². The van der Waals surface area contributed by atoms with E-state index < -0.39 is 5.60 Å². The monoisotopic (exact) mass is 449 g/mol. The summed E-state index contributed by atoms with van der Waals surface area (Å²) in [5.41, 5.74) is 5.17. The molecule has 5 rings (SSSR count). The van der Waals surface area contributed by atoms with Crippen molar-refractivity contribution in [3.05, 3.63) is 81.7 Å². The van der Waals surface area contributed by atoms with Crippen molar-refractivity contribution in [2.75, 3.05) is 26.2 Å². The average Bonchev–Trinajstić information content (AvgIpc) is 3.05. The van der Waals surface area contributed by atoms with E-state index in [1.54, 1.807) is 6.33 Å². The van der Waals surface area contributed by atoms with Gasteiger partial charge in [-0.2, -0.15) is 0 Å². The molecule has 3 aromatic rings. The first-order valence-electron chi connectivity index (χ1n) is 11.0. The second-order valence-corrected chi connectivity index (χ2v) is 9.25. The lowest BCUT2D eigenvalue weighted by Gasteiger charge is -2.36. The summed E-state index contributed by atoms with van der Waals surface area (Å²) < 4.78 is 1.89. The van der Waals surface area contributed by atoms with Crippen LogP contribution in [0, 0.1) is 6.92 Å². The number of aromatic nitrogens is 3. The van der Waals surface area contributed by atoms with Crippen molar-refractivity contribution in [3.63, 3.8) is 0 Å². The Morgan fingerprint density at radius 2 is 1.97 bits per heavy atom. The van der Waals surface area contributed by atoms with Crippen molar-refractivity contribution in [1.82, 2.24) is 24.8 Å². The van der Waals surface area contributed by atoms with Gasteiger partial charge in [0.1, 0.15) is 5.60 Å². The minimum atomic E-state index is -1.28. The highest BCUT2D eigenvalue weighted by atomic mass is 35.5. The van der Waals surface area contributed by atoms with E-state index in [1.807, 2.05) is 49.9 Å². The zero-order chi connectivity index (χ0) is 22.5. The molecule has 2 N–H and O–H groups in total. The van der Waals surface area contributed by atoms with Crippen LogP contribution in [0.2, 0.25) is 5.02 Å². The molecule has 2 aromatic heterocycles. The normalized spacial score (nSPS) is 20.7. The van der Waals surface area contributed by atoms with Gasteiger partial charge in [-0.3, -0.25) is 9.88 Å². The van der Waals surface area contributed by atoms with E-state index in [0.29, 0.717) is 5.02 Å². The number of piperazine rings is 1. The van der Waals surface area contributed by atoms with E-state index in [9.17, 15) is 5.11 Å². The smallest absolute Gasteiger partial charge is 0.129 e. The molecule has 0 bridgehead atoms. The molecule has 3 heterocycles. The van der Waals surface area contributed by atoms with Gasteiger partial charge in [0.05, 0.1) is 29.5 Å². The van der Waals surface area contributed by atoms with Gasteiger partial charge in [0.15, 0.2) is 0 Å². The number of imidazole rings is 1. The summed E-state index contributed by atoms with van der Waals surface area (Å²) in [4.78, 5) is 11.7. The first kappa shape index (κ1) is 21.3. The van der Waals surface area contributed by atoms with Crippen molar-refractivity contribution in [1.29, 1.82) is 0 Å². The molecule has 1 fully saturated rings. The second kappa shape index (κ2) is 8.12. The molecule has 2 aliphatic rings. The molecule has 0 radical (unpaired) electrons. The van der Waals surface area contributed by atoms with Crippen LogP contribution < -0.4 is 5.32 Å². The Morgan fingerprint density at radius 1 is 1.19 bits per heavy atom. The zero-order valence-electron chi connectivity index (χ0n) is 18.6.